The minimum atomic E-state index is -0.458. The van der Waals surface area contributed by atoms with Crippen LogP contribution in [0.5, 0.6) is 0 Å². The predicted molar refractivity (Wildman–Crippen MR) is 80.1 cm³/mol. The third kappa shape index (κ3) is 5.14. The van der Waals surface area contributed by atoms with Crippen molar-refractivity contribution in [3.05, 3.63) is 69.6 Å². The van der Waals surface area contributed by atoms with Crippen LogP contribution in [0, 0.1) is 6.92 Å². The summed E-state index contributed by atoms with van der Waals surface area (Å²) in [4.78, 5) is 25.5. The quantitative estimate of drug-likeness (QED) is 0.884. The van der Waals surface area contributed by atoms with Crippen molar-refractivity contribution < 1.29 is 9.53 Å². The highest BCUT2D eigenvalue weighted by Gasteiger charge is 2.03. The van der Waals surface area contributed by atoms with Gasteiger partial charge in [-0.15, -0.1) is 0 Å². The standard InChI is InChI=1S/C16H18N2O3/c1-12-9-14(10-15(19)18-12)7-8-17-16(20)21-11-13-5-3-2-4-6-13/h2-6,9-10H,7-8,11H2,1H3,(H,17,20)(H,18,19). The summed E-state index contributed by atoms with van der Waals surface area (Å²) < 4.78 is 5.10. The second-order valence-electron chi connectivity index (χ2n) is 4.77. The van der Waals surface area contributed by atoms with Gasteiger partial charge < -0.3 is 15.0 Å². The second kappa shape index (κ2) is 7.28. The normalized spacial score (nSPS) is 10.1. The van der Waals surface area contributed by atoms with Crippen molar-refractivity contribution in [2.75, 3.05) is 6.54 Å². The van der Waals surface area contributed by atoms with Crippen LogP contribution in [0.2, 0.25) is 0 Å². The van der Waals surface area contributed by atoms with E-state index in [-0.39, 0.29) is 12.2 Å². The molecule has 2 aromatic rings. The summed E-state index contributed by atoms with van der Waals surface area (Å²) >= 11 is 0. The van der Waals surface area contributed by atoms with Gasteiger partial charge in [-0.2, -0.15) is 0 Å². The van der Waals surface area contributed by atoms with Crippen molar-refractivity contribution in [3.63, 3.8) is 0 Å². The number of aromatic amines is 1. The highest BCUT2D eigenvalue weighted by molar-refractivity contribution is 5.67. The van der Waals surface area contributed by atoms with E-state index in [1.807, 2.05) is 43.3 Å². The average molecular weight is 286 g/mol. The molecule has 0 aliphatic heterocycles. The Labute approximate surface area is 123 Å². The first-order valence-corrected chi connectivity index (χ1v) is 6.78. The molecule has 5 nitrogen and oxygen atoms in total. The maximum absolute atomic E-state index is 11.5. The van der Waals surface area contributed by atoms with E-state index in [0.717, 1.165) is 16.8 Å². The van der Waals surface area contributed by atoms with Crippen molar-refractivity contribution in [1.82, 2.24) is 10.3 Å². The number of alkyl carbamates (subject to hydrolysis) is 1. The number of pyridine rings is 1. The zero-order valence-corrected chi connectivity index (χ0v) is 11.9. The Balaban J connectivity index is 1.73. The molecule has 0 saturated heterocycles. The molecule has 2 N–H and O–H groups in total. The first-order chi connectivity index (χ1) is 10.1. The number of hydrogen-bond donors (Lipinski definition) is 2. The van der Waals surface area contributed by atoms with Crippen molar-refractivity contribution in [2.24, 2.45) is 0 Å². The van der Waals surface area contributed by atoms with Gasteiger partial charge in [0.05, 0.1) is 0 Å². The topological polar surface area (TPSA) is 71.2 Å². The first kappa shape index (κ1) is 14.8. The molecule has 1 aromatic carbocycles. The fourth-order valence-electron chi connectivity index (χ4n) is 1.98. The molecule has 0 unspecified atom stereocenters. The highest BCUT2D eigenvalue weighted by Crippen LogP contribution is 2.01. The largest absolute Gasteiger partial charge is 0.445 e. The monoisotopic (exact) mass is 286 g/mol. The van der Waals surface area contributed by atoms with E-state index < -0.39 is 6.09 Å². The molecule has 21 heavy (non-hydrogen) atoms. The molecular formula is C16H18N2O3. The Morgan fingerprint density at radius 2 is 1.95 bits per heavy atom. The molecule has 0 aliphatic carbocycles. The lowest BCUT2D eigenvalue weighted by molar-refractivity contribution is 0.140. The number of nitrogens with one attached hydrogen (secondary N) is 2. The summed E-state index contributed by atoms with van der Waals surface area (Å²) in [6.45, 7) is 2.50. The fourth-order valence-corrected chi connectivity index (χ4v) is 1.98. The summed E-state index contributed by atoms with van der Waals surface area (Å²) in [7, 11) is 0. The van der Waals surface area contributed by atoms with Crippen molar-refractivity contribution in [1.29, 1.82) is 0 Å². The molecule has 0 radical (unpaired) electrons. The van der Waals surface area contributed by atoms with Gasteiger partial charge in [0.2, 0.25) is 5.56 Å². The van der Waals surface area contributed by atoms with Gasteiger partial charge in [-0.3, -0.25) is 4.79 Å². The van der Waals surface area contributed by atoms with Gasteiger partial charge in [-0.1, -0.05) is 30.3 Å². The number of amides is 1. The molecule has 2 rings (SSSR count). The van der Waals surface area contributed by atoms with Gasteiger partial charge in [0.25, 0.3) is 0 Å². The van der Waals surface area contributed by atoms with Crippen LogP contribution >= 0.6 is 0 Å². The van der Waals surface area contributed by atoms with E-state index in [9.17, 15) is 9.59 Å². The minimum absolute atomic E-state index is 0.128. The molecule has 110 valence electrons. The van der Waals surface area contributed by atoms with Crippen LogP contribution in [0.15, 0.2) is 47.3 Å². The van der Waals surface area contributed by atoms with Crippen molar-refractivity contribution in [3.8, 4) is 0 Å². The molecule has 0 saturated carbocycles. The molecule has 1 amide bonds. The predicted octanol–water partition coefficient (Wildman–Crippen LogP) is 2.15. The number of benzene rings is 1. The number of carbonyl (C=O) groups excluding carboxylic acids is 1. The van der Waals surface area contributed by atoms with Crippen molar-refractivity contribution in [2.45, 2.75) is 20.0 Å². The molecular weight excluding hydrogens is 268 g/mol. The maximum Gasteiger partial charge on any atom is 0.407 e. The molecule has 0 aliphatic rings. The Hall–Kier alpha value is -2.56. The summed E-state index contributed by atoms with van der Waals surface area (Å²) in [5.74, 6) is 0. The Bertz CT molecular complexity index is 650. The zero-order valence-electron chi connectivity index (χ0n) is 11.9. The van der Waals surface area contributed by atoms with Crippen LogP contribution in [0.25, 0.3) is 0 Å². The van der Waals surface area contributed by atoms with E-state index in [4.69, 9.17) is 4.74 Å². The van der Waals surface area contributed by atoms with Gasteiger partial charge in [-0.25, -0.2) is 4.79 Å². The fraction of sp³-hybridized carbons (Fsp3) is 0.250. The lowest BCUT2D eigenvalue weighted by atomic mass is 10.2. The van der Waals surface area contributed by atoms with Gasteiger partial charge >= 0.3 is 6.09 Å². The van der Waals surface area contributed by atoms with Gasteiger partial charge in [0, 0.05) is 18.3 Å². The summed E-state index contributed by atoms with van der Waals surface area (Å²) in [5, 5.41) is 2.67. The van der Waals surface area contributed by atoms with Crippen LogP contribution in [-0.2, 0) is 17.8 Å². The Morgan fingerprint density at radius 1 is 1.19 bits per heavy atom. The van der Waals surface area contributed by atoms with Gasteiger partial charge in [0.15, 0.2) is 0 Å². The molecule has 0 spiro atoms. The number of aromatic nitrogens is 1. The van der Waals surface area contributed by atoms with E-state index in [1.165, 1.54) is 6.07 Å². The summed E-state index contributed by atoms with van der Waals surface area (Å²) in [6.07, 6.45) is 0.131. The smallest absolute Gasteiger partial charge is 0.407 e. The van der Waals surface area contributed by atoms with E-state index >= 15 is 0 Å². The Kier molecular flexibility index (Phi) is 5.15. The second-order valence-corrected chi connectivity index (χ2v) is 4.77. The van der Waals surface area contributed by atoms with Crippen LogP contribution in [-0.4, -0.2) is 17.6 Å². The summed E-state index contributed by atoms with van der Waals surface area (Å²) in [5.41, 5.74) is 2.51. The van der Waals surface area contributed by atoms with E-state index in [1.54, 1.807) is 0 Å². The van der Waals surface area contributed by atoms with Crippen LogP contribution < -0.4 is 10.9 Å². The summed E-state index contributed by atoms with van der Waals surface area (Å²) in [6, 6.07) is 12.9. The van der Waals surface area contributed by atoms with Gasteiger partial charge in [0.1, 0.15) is 6.61 Å². The zero-order chi connectivity index (χ0) is 15.1. The molecule has 1 heterocycles. The number of carbonyl (C=O) groups is 1. The molecule has 0 bridgehead atoms. The van der Waals surface area contributed by atoms with Crippen LogP contribution in [0.3, 0.4) is 0 Å². The van der Waals surface area contributed by atoms with Gasteiger partial charge in [-0.05, 0) is 30.5 Å². The van der Waals surface area contributed by atoms with E-state index in [0.29, 0.717) is 13.0 Å². The third-order valence-electron chi connectivity index (χ3n) is 2.93. The lowest BCUT2D eigenvalue weighted by Crippen LogP contribution is -2.26. The third-order valence-corrected chi connectivity index (χ3v) is 2.93. The number of aryl methyl sites for hydroxylation is 1. The minimum Gasteiger partial charge on any atom is -0.445 e. The van der Waals surface area contributed by atoms with Crippen LogP contribution in [0.1, 0.15) is 16.8 Å². The molecule has 1 aromatic heterocycles. The number of H-pyrrole nitrogens is 1. The lowest BCUT2D eigenvalue weighted by Gasteiger charge is -2.07. The van der Waals surface area contributed by atoms with Crippen molar-refractivity contribution >= 4 is 6.09 Å². The highest BCUT2D eigenvalue weighted by atomic mass is 16.5. The van der Waals surface area contributed by atoms with Crippen LogP contribution in [0.4, 0.5) is 4.79 Å². The van der Waals surface area contributed by atoms with E-state index in [2.05, 4.69) is 10.3 Å². The number of rotatable bonds is 5. The molecule has 0 fully saturated rings. The molecule has 0 atom stereocenters. The maximum atomic E-state index is 11.5. The first-order valence-electron chi connectivity index (χ1n) is 6.78. The average Bonchev–Trinajstić information content (AvgIpc) is 2.45. The SMILES string of the molecule is Cc1cc(CCNC(=O)OCc2ccccc2)cc(=O)[nH]1. The number of ether oxygens (including phenoxy) is 1. The molecule has 5 heteroatoms. The number of hydrogen-bond acceptors (Lipinski definition) is 3. The Morgan fingerprint density at radius 3 is 2.67 bits per heavy atom.